The van der Waals surface area contributed by atoms with Crippen molar-refractivity contribution in [3.05, 3.63) is 41.1 Å². The van der Waals surface area contributed by atoms with Crippen molar-refractivity contribution >= 4 is 35.3 Å². The van der Waals surface area contributed by atoms with Crippen molar-refractivity contribution in [1.29, 1.82) is 0 Å². The Morgan fingerprint density at radius 3 is 2.73 bits per heavy atom. The van der Waals surface area contributed by atoms with E-state index >= 15 is 0 Å². The number of imide groups is 1. The Labute approximate surface area is 149 Å². The van der Waals surface area contributed by atoms with Gasteiger partial charge in [0, 0.05) is 19.3 Å². The molecule has 1 atom stereocenters. The highest BCUT2D eigenvalue weighted by Gasteiger charge is 2.38. The zero-order chi connectivity index (χ0) is 18.9. The van der Waals surface area contributed by atoms with Gasteiger partial charge in [-0.1, -0.05) is 0 Å². The standard InChI is InChI=1S/C15H11F3N4O3S/c16-15(17,18)10-2-1-8(7-20-10)12(23)19-4-5-22-13(24)11-9(3-6-26-11)21-14(22)25/h1-3,6-7,11H,4-5H2,(H,19,23). The molecule has 0 radical (unpaired) electrons. The van der Waals surface area contributed by atoms with Gasteiger partial charge < -0.3 is 5.32 Å². The number of aromatic nitrogens is 1. The number of halogens is 3. The van der Waals surface area contributed by atoms with Crippen LogP contribution >= 0.6 is 11.8 Å². The van der Waals surface area contributed by atoms with Crippen LogP contribution in [0.15, 0.2) is 34.8 Å². The van der Waals surface area contributed by atoms with Crippen molar-refractivity contribution in [2.24, 2.45) is 4.99 Å². The van der Waals surface area contributed by atoms with E-state index in [1.165, 1.54) is 11.8 Å². The summed E-state index contributed by atoms with van der Waals surface area (Å²) in [5, 5.41) is 3.55. The fraction of sp³-hybridized carbons (Fsp3) is 0.267. The predicted molar refractivity (Wildman–Crippen MR) is 86.6 cm³/mol. The van der Waals surface area contributed by atoms with E-state index in [4.69, 9.17) is 0 Å². The van der Waals surface area contributed by atoms with Crippen LogP contribution in [0.25, 0.3) is 0 Å². The lowest BCUT2D eigenvalue weighted by molar-refractivity contribution is -0.141. The molecular formula is C15H11F3N4O3S. The molecule has 7 nitrogen and oxygen atoms in total. The number of alkyl halides is 3. The monoisotopic (exact) mass is 384 g/mol. The number of rotatable bonds is 4. The van der Waals surface area contributed by atoms with E-state index in [9.17, 15) is 27.6 Å². The van der Waals surface area contributed by atoms with E-state index in [2.05, 4.69) is 15.3 Å². The van der Waals surface area contributed by atoms with Crippen molar-refractivity contribution < 1.29 is 27.6 Å². The van der Waals surface area contributed by atoms with E-state index in [1.807, 2.05) is 0 Å². The van der Waals surface area contributed by atoms with Gasteiger partial charge in [-0.15, -0.1) is 11.8 Å². The maximum atomic E-state index is 12.4. The molecule has 0 fully saturated rings. The fourth-order valence-corrected chi connectivity index (χ4v) is 3.21. The van der Waals surface area contributed by atoms with Crippen LogP contribution in [0.3, 0.4) is 0 Å². The van der Waals surface area contributed by atoms with Crippen LogP contribution in [0.1, 0.15) is 16.1 Å². The molecule has 26 heavy (non-hydrogen) atoms. The maximum Gasteiger partial charge on any atom is 0.433 e. The summed E-state index contributed by atoms with van der Waals surface area (Å²) >= 11 is 1.24. The third kappa shape index (κ3) is 3.62. The number of hydrogen-bond acceptors (Lipinski definition) is 5. The first kappa shape index (κ1) is 18.1. The van der Waals surface area contributed by atoms with Crippen LogP contribution in [0.2, 0.25) is 0 Å². The van der Waals surface area contributed by atoms with Gasteiger partial charge >= 0.3 is 12.2 Å². The van der Waals surface area contributed by atoms with Gasteiger partial charge in [-0.25, -0.2) is 4.79 Å². The quantitative estimate of drug-likeness (QED) is 0.856. The Kier molecular flexibility index (Phi) is 4.81. The second-order valence-electron chi connectivity index (χ2n) is 5.31. The minimum atomic E-state index is -4.59. The van der Waals surface area contributed by atoms with Crippen molar-refractivity contribution in [3.8, 4) is 0 Å². The fourth-order valence-electron chi connectivity index (χ4n) is 2.32. The highest BCUT2D eigenvalue weighted by Crippen LogP contribution is 2.28. The topological polar surface area (TPSA) is 91.7 Å². The molecule has 0 saturated carbocycles. The second kappa shape index (κ2) is 6.90. The molecule has 3 rings (SSSR count). The summed E-state index contributed by atoms with van der Waals surface area (Å²) in [6, 6.07) is 0.992. The van der Waals surface area contributed by atoms with E-state index in [0.717, 1.165) is 17.2 Å². The largest absolute Gasteiger partial charge is 0.433 e. The van der Waals surface area contributed by atoms with E-state index in [-0.39, 0.29) is 18.7 Å². The van der Waals surface area contributed by atoms with Crippen molar-refractivity contribution in [2.75, 3.05) is 13.1 Å². The molecule has 4 amide bonds. The number of carbonyl (C=O) groups excluding carboxylic acids is 3. The molecule has 1 aromatic heterocycles. The third-order valence-corrected chi connectivity index (χ3v) is 4.61. The highest BCUT2D eigenvalue weighted by molar-refractivity contribution is 8.04. The Hall–Kier alpha value is -2.69. The van der Waals surface area contributed by atoms with Crippen LogP contribution in [0.5, 0.6) is 0 Å². The number of carbonyl (C=O) groups is 3. The molecule has 0 spiro atoms. The van der Waals surface area contributed by atoms with Gasteiger partial charge in [-0.3, -0.25) is 19.5 Å². The van der Waals surface area contributed by atoms with E-state index < -0.39 is 35.0 Å². The van der Waals surface area contributed by atoms with Crippen LogP contribution in [-0.4, -0.2) is 51.8 Å². The molecule has 3 heterocycles. The summed E-state index contributed by atoms with van der Waals surface area (Å²) in [6.45, 7) is -0.154. The highest BCUT2D eigenvalue weighted by atomic mass is 32.2. The lowest BCUT2D eigenvalue weighted by Gasteiger charge is -2.25. The lowest BCUT2D eigenvalue weighted by atomic mass is 10.2. The molecule has 1 aromatic rings. The van der Waals surface area contributed by atoms with Gasteiger partial charge in [-0.05, 0) is 23.6 Å². The summed E-state index contributed by atoms with van der Waals surface area (Å²) in [4.78, 5) is 44.0. The number of aliphatic imine (C=N–C) groups is 1. The molecule has 1 unspecified atom stereocenters. The Morgan fingerprint density at radius 2 is 2.08 bits per heavy atom. The number of thioether (sulfide) groups is 1. The SMILES string of the molecule is O=C(NCCN1C(=O)N=C2C=CSC2C1=O)c1ccc(C(F)(F)F)nc1. The van der Waals surface area contributed by atoms with Crippen LogP contribution in [-0.2, 0) is 11.0 Å². The van der Waals surface area contributed by atoms with Gasteiger partial charge in [0.1, 0.15) is 10.9 Å². The van der Waals surface area contributed by atoms with Crippen LogP contribution in [0.4, 0.5) is 18.0 Å². The summed E-state index contributed by atoms with van der Waals surface area (Å²) in [6.07, 6.45) is -2.18. The summed E-state index contributed by atoms with van der Waals surface area (Å²) in [7, 11) is 0. The van der Waals surface area contributed by atoms with Gasteiger partial charge in [-0.2, -0.15) is 18.2 Å². The predicted octanol–water partition coefficient (Wildman–Crippen LogP) is 1.86. The number of nitrogens with zero attached hydrogens (tertiary/aromatic N) is 3. The zero-order valence-electron chi connectivity index (χ0n) is 13.0. The number of hydrogen-bond donors (Lipinski definition) is 1. The lowest BCUT2D eigenvalue weighted by Crippen LogP contribution is -2.49. The molecule has 2 aliphatic heterocycles. The first-order valence-corrected chi connectivity index (χ1v) is 8.29. The first-order chi connectivity index (χ1) is 12.3. The second-order valence-corrected chi connectivity index (χ2v) is 6.33. The summed E-state index contributed by atoms with van der Waals surface area (Å²) in [5.41, 5.74) is -0.763. The average molecular weight is 384 g/mol. The first-order valence-electron chi connectivity index (χ1n) is 7.35. The smallest absolute Gasteiger partial charge is 0.350 e. The van der Waals surface area contributed by atoms with Gasteiger partial charge in [0.15, 0.2) is 0 Å². The third-order valence-electron chi connectivity index (χ3n) is 3.61. The Bertz CT molecular complexity index is 820. The van der Waals surface area contributed by atoms with Gasteiger partial charge in [0.05, 0.1) is 11.3 Å². The number of pyridine rings is 1. The number of urea groups is 1. The Morgan fingerprint density at radius 1 is 1.31 bits per heavy atom. The average Bonchev–Trinajstić information content (AvgIpc) is 3.05. The van der Waals surface area contributed by atoms with Gasteiger partial charge in [0.25, 0.3) is 5.91 Å². The van der Waals surface area contributed by atoms with E-state index in [0.29, 0.717) is 11.8 Å². The molecule has 0 aliphatic carbocycles. The van der Waals surface area contributed by atoms with Crippen molar-refractivity contribution in [2.45, 2.75) is 11.4 Å². The number of amides is 4. The molecule has 0 saturated heterocycles. The number of fused-ring (bicyclic) bond motifs is 1. The van der Waals surface area contributed by atoms with Crippen LogP contribution in [0, 0.1) is 0 Å². The normalized spacial score (nSPS) is 19.4. The van der Waals surface area contributed by atoms with Crippen molar-refractivity contribution in [1.82, 2.24) is 15.2 Å². The molecule has 0 bridgehead atoms. The minimum Gasteiger partial charge on any atom is -0.350 e. The van der Waals surface area contributed by atoms with Crippen molar-refractivity contribution in [3.63, 3.8) is 0 Å². The number of nitrogens with one attached hydrogen (secondary N) is 1. The summed E-state index contributed by atoms with van der Waals surface area (Å²) in [5.74, 6) is -1.08. The zero-order valence-corrected chi connectivity index (χ0v) is 13.8. The molecule has 2 aliphatic rings. The van der Waals surface area contributed by atoms with Gasteiger partial charge in [0.2, 0.25) is 5.91 Å². The molecule has 11 heteroatoms. The molecule has 1 N–H and O–H groups in total. The molecule has 136 valence electrons. The summed E-state index contributed by atoms with van der Waals surface area (Å²) < 4.78 is 37.3. The number of allylic oxidation sites excluding steroid dienone is 1. The van der Waals surface area contributed by atoms with E-state index in [1.54, 1.807) is 11.5 Å². The maximum absolute atomic E-state index is 12.4. The molecular weight excluding hydrogens is 373 g/mol. The Balaban J connectivity index is 1.56. The molecule has 0 aromatic carbocycles. The van der Waals surface area contributed by atoms with Crippen LogP contribution < -0.4 is 5.32 Å². The minimum absolute atomic E-state index is 0.0625.